The molecular weight excluding hydrogens is 284 g/mol. The van der Waals surface area contributed by atoms with Gasteiger partial charge < -0.3 is 10.3 Å². The van der Waals surface area contributed by atoms with E-state index in [1.165, 1.54) is 10.9 Å². The quantitative estimate of drug-likeness (QED) is 0.860. The second-order valence-corrected chi connectivity index (χ2v) is 4.69. The van der Waals surface area contributed by atoms with Gasteiger partial charge in [-0.2, -0.15) is 4.99 Å². The summed E-state index contributed by atoms with van der Waals surface area (Å²) in [4.78, 5) is 32.8. The molecule has 0 bridgehead atoms. The van der Waals surface area contributed by atoms with Crippen LogP contribution in [0.1, 0.15) is 16.1 Å². The standard InChI is InChI=1S/C14H12N6O2/c1-19-7-17-9(11(19)15)10-12(16)20(14(22)18-10)13(21)8-5-3-2-4-6-8/h2-7,16H,15H2,1H3. The fraction of sp³-hybridized carbons (Fsp3) is 0.0714. The number of rotatable bonds is 2. The lowest BCUT2D eigenvalue weighted by atomic mass is 10.2. The molecule has 0 unspecified atom stereocenters. The molecule has 2 heterocycles. The lowest BCUT2D eigenvalue weighted by Crippen LogP contribution is -2.38. The Morgan fingerprint density at radius 2 is 1.95 bits per heavy atom. The van der Waals surface area contributed by atoms with Crippen LogP contribution in [-0.2, 0) is 7.05 Å². The number of carbonyl (C=O) groups is 2. The van der Waals surface area contributed by atoms with Crippen molar-refractivity contribution in [1.29, 1.82) is 5.41 Å². The van der Waals surface area contributed by atoms with Crippen molar-refractivity contribution < 1.29 is 9.59 Å². The lowest BCUT2D eigenvalue weighted by Gasteiger charge is -2.13. The molecule has 2 aromatic rings. The van der Waals surface area contributed by atoms with Gasteiger partial charge in [0.2, 0.25) is 0 Å². The number of nitrogen functional groups attached to an aromatic ring is 1. The van der Waals surface area contributed by atoms with Crippen molar-refractivity contribution >= 4 is 29.3 Å². The minimum atomic E-state index is -0.820. The first-order valence-corrected chi connectivity index (χ1v) is 6.39. The zero-order chi connectivity index (χ0) is 15.9. The number of hydrogen-bond donors (Lipinski definition) is 2. The Morgan fingerprint density at radius 3 is 2.55 bits per heavy atom. The van der Waals surface area contributed by atoms with Crippen LogP contribution in [0.2, 0.25) is 0 Å². The van der Waals surface area contributed by atoms with E-state index in [0.717, 1.165) is 0 Å². The predicted octanol–water partition coefficient (Wildman–Crippen LogP) is 1.04. The summed E-state index contributed by atoms with van der Waals surface area (Å²) < 4.78 is 1.54. The topological polar surface area (TPSA) is 117 Å². The molecule has 0 radical (unpaired) electrons. The molecule has 0 saturated heterocycles. The van der Waals surface area contributed by atoms with E-state index in [1.807, 2.05) is 0 Å². The molecule has 22 heavy (non-hydrogen) atoms. The summed E-state index contributed by atoms with van der Waals surface area (Å²) in [7, 11) is 1.68. The molecule has 8 nitrogen and oxygen atoms in total. The summed E-state index contributed by atoms with van der Waals surface area (Å²) in [6.07, 6.45) is 1.45. The van der Waals surface area contributed by atoms with Gasteiger partial charge in [-0.05, 0) is 12.1 Å². The molecule has 0 saturated carbocycles. The first kappa shape index (κ1) is 13.7. The average molecular weight is 296 g/mol. The number of carbonyl (C=O) groups excluding carboxylic acids is 2. The Labute approximate surface area is 125 Å². The number of aliphatic imine (C=N–C) groups is 1. The molecule has 1 aromatic heterocycles. The third kappa shape index (κ3) is 1.97. The van der Waals surface area contributed by atoms with Gasteiger partial charge in [-0.15, -0.1) is 0 Å². The van der Waals surface area contributed by atoms with E-state index in [0.29, 0.717) is 10.5 Å². The number of anilines is 1. The second kappa shape index (κ2) is 4.92. The van der Waals surface area contributed by atoms with Crippen LogP contribution >= 0.6 is 0 Å². The summed E-state index contributed by atoms with van der Waals surface area (Å²) >= 11 is 0. The van der Waals surface area contributed by atoms with E-state index in [2.05, 4.69) is 9.98 Å². The van der Waals surface area contributed by atoms with E-state index in [-0.39, 0.29) is 23.1 Å². The number of nitrogens with zero attached hydrogens (tertiary/aromatic N) is 4. The number of urea groups is 1. The van der Waals surface area contributed by atoms with Gasteiger partial charge in [0.25, 0.3) is 5.91 Å². The van der Waals surface area contributed by atoms with Crippen LogP contribution in [0.3, 0.4) is 0 Å². The first-order chi connectivity index (χ1) is 10.5. The highest BCUT2D eigenvalue weighted by Crippen LogP contribution is 2.19. The van der Waals surface area contributed by atoms with Gasteiger partial charge in [0.1, 0.15) is 17.2 Å². The van der Waals surface area contributed by atoms with Crippen LogP contribution in [-0.4, -0.2) is 37.9 Å². The van der Waals surface area contributed by atoms with Crippen LogP contribution < -0.4 is 5.73 Å². The number of benzene rings is 1. The fourth-order valence-corrected chi connectivity index (χ4v) is 2.09. The molecule has 0 aliphatic carbocycles. The molecule has 8 heteroatoms. The Hall–Kier alpha value is -3.29. The minimum Gasteiger partial charge on any atom is -0.383 e. The predicted molar refractivity (Wildman–Crippen MR) is 79.9 cm³/mol. The summed E-state index contributed by atoms with van der Waals surface area (Å²) in [5.74, 6) is -0.668. The van der Waals surface area contributed by atoms with Gasteiger partial charge in [0.05, 0.1) is 6.33 Å². The van der Waals surface area contributed by atoms with Crippen molar-refractivity contribution in [2.45, 2.75) is 0 Å². The van der Waals surface area contributed by atoms with Gasteiger partial charge in [-0.25, -0.2) is 14.7 Å². The zero-order valence-electron chi connectivity index (χ0n) is 11.6. The van der Waals surface area contributed by atoms with E-state index in [9.17, 15) is 9.59 Å². The maximum Gasteiger partial charge on any atom is 0.357 e. The molecule has 3 N–H and O–H groups in total. The van der Waals surface area contributed by atoms with Gasteiger partial charge in [-0.3, -0.25) is 10.2 Å². The highest BCUT2D eigenvalue weighted by atomic mass is 16.2. The Kier molecular flexibility index (Phi) is 3.06. The normalized spacial score (nSPS) is 14.4. The summed E-state index contributed by atoms with van der Waals surface area (Å²) in [6.45, 7) is 0. The molecular formula is C14H12N6O2. The van der Waals surface area contributed by atoms with Gasteiger partial charge in [-0.1, -0.05) is 18.2 Å². The highest BCUT2D eigenvalue weighted by molar-refractivity contribution is 6.55. The second-order valence-electron chi connectivity index (χ2n) is 4.69. The Balaban J connectivity index is 1.96. The molecule has 1 aromatic carbocycles. The van der Waals surface area contributed by atoms with Crippen LogP contribution in [0, 0.1) is 5.41 Å². The van der Waals surface area contributed by atoms with Crippen molar-refractivity contribution in [3.8, 4) is 0 Å². The summed E-state index contributed by atoms with van der Waals surface area (Å²) in [6, 6.07) is 7.42. The Bertz CT molecular complexity index is 821. The number of imide groups is 1. The number of imidazole rings is 1. The lowest BCUT2D eigenvalue weighted by molar-refractivity contribution is 0.0882. The fourth-order valence-electron chi connectivity index (χ4n) is 2.09. The van der Waals surface area contributed by atoms with E-state index >= 15 is 0 Å². The smallest absolute Gasteiger partial charge is 0.357 e. The molecule has 0 fully saturated rings. The van der Waals surface area contributed by atoms with Crippen LogP contribution in [0.5, 0.6) is 0 Å². The zero-order valence-corrected chi connectivity index (χ0v) is 11.6. The van der Waals surface area contributed by atoms with E-state index < -0.39 is 11.9 Å². The molecule has 3 rings (SSSR count). The maximum atomic E-state index is 12.4. The molecule has 1 aliphatic heterocycles. The average Bonchev–Trinajstić information content (AvgIpc) is 3.00. The summed E-state index contributed by atoms with van der Waals surface area (Å²) in [5, 5.41) is 8.07. The monoisotopic (exact) mass is 296 g/mol. The number of nitrogens with one attached hydrogen (secondary N) is 1. The maximum absolute atomic E-state index is 12.4. The van der Waals surface area contributed by atoms with Crippen LogP contribution in [0.25, 0.3) is 0 Å². The van der Waals surface area contributed by atoms with Crippen LogP contribution in [0.15, 0.2) is 41.7 Å². The number of hydrogen-bond acceptors (Lipinski definition) is 5. The van der Waals surface area contributed by atoms with Crippen molar-refractivity contribution in [3.63, 3.8) is 0 Å². The molecule has 3 amide bonds. The van der Waals surface area contributed by atoms with E-state index in [1.54, 1.807) is 37.4 Å². The number of nitrogens with two attached hydrogens (primary N) is 1. The number of aromatic nitrogens is 2. The first-order valence-electron chi connectivity index (χ1n) is 6.39. The third-order valence-corrected chi connectivity index (χ3v) is 3.28. The summed E-state index contributed by atoms with van der Waals surface area (Å²) in [5.41, 5.74) is 6.33. The largest absolute Gasteiger partial charge is 0.383 e. The molecule has 0 spiro atoms. The molecule has 0 atom stereocenters. The number of amidine groups is 1. The van der Waals surface area contributed by atoms with Gasteiger partial charge in [0, 0.05) is 12.6 Å². The van der Waals surface area contributed by atoms with Gasteiger partial charge >= 0.3 is 6.03 Å². The molecule has 1 aliphatic rings. The third-order valence-electron chi connectivity index (χ3n) is 3.28. The van der Waals surface area contributed by atoms with Crippen molar-refractivity contribution in [2.75, 3.05) is 5.73 Å². The van der Waals surface area contributed by atoms with E-state index in [4.69, 9.17) is 11.1 Å². The number of amides is 3. The van der Waals surface area contributed by atoms with Crippen molar-refractivity contribution in [1.82, 2.24) is 14.5 Å². The molecule has 110 valence electrons. The van der Waals surface area contributed by atoms with Crippen molar-refractivity contribution in [2.24, 2.45) is 12.0 Å². The van der Waals surface area contributed by atoms with Gasteiger partial charge in [0.15, 0.2) is 5.84 Å². The van der Waals surface area contributed by atoms with Crippen LogP contribution in [0.4, 0.5) is 10.6 Å². The minimum absolute atomic E-state index is 0.00705. The Morgan fingerprint density at radius 1 is 1.27 bits per heavy atom. The number of aryl methyl sites for hydroxylation is 1. The van der Waals surface area contributed by atoms with Crippen molar-refractivity contribution in [3.05, 3.63) is 47.9 Å². The highest BCUT2D eigenvalue weighted by Gasteiger charge is 2.37. The SMILES string of the molecule is Cn1cnc(C2=NC(=O)N(C(=O)c3ccccc3)C2=N)c1N.